The monoisotopic (exact) mass is 318 g/mol. The van der Waals surface area contributed by atoms with Crippen molar-refractivity contribution in [3.05, 3.63) is 0 Å². The molecule has 1 aliphatic carbocycles. The Bertz CT molecular complexity index is 436. The van der Waals surface area contributed by atoms with Gasteiger partial charge < -0.3 is 5.11 Å². The largest absolute Gasteiger partial charge is 0.390 e. The quantitative estimate of drug-likeness (QED) is 0.775. The minimum atomic E-state index is -3.10. The Kier molecular flexibility index (Phi) is 5.68. The van der Waals surface area contributed by atoms with E-state index in [4.69, 9.17) is 0 Å². The van der Waals surface area contributed by atoms with E-state index in [9.17, 15) is 13.5 Å². The maximum atomic E-state index is 11.5. The third kappa shape index (κ3) is 4.41. The summed E-state index contributed by atoms with van der Waals surface area (Å²) in [7, 11) is -3.10. The molecule has 2 N–H and O–H groups in total. The highest BCUT2D eigenvalue weighted by Crippen LogP contribution is 2.40. The molecule has 0 bridgehead atoms. The molecule has 1 heterocycles. The number of sulfonamides is 1. The molecule has 2 fully saturated rings. The summed E-state index contributed by atoms with van der Waals surface area (Å²) in [6.07, 6.45) is 6.58. The first-order valence-electron chi connectivity index (χ1n) is 8.29. The number of rotatable bonds is 6. The summed E-state index contributed by atoms with van der Waals surface area (Å²) in [5.74, 6) is 0.463. The van der Waals surface area contributed by atoms with Crippen LogP contribution in [0.15, 0.2) is 0 Å². The van der Waals surface area contributed by atoms with Crippen LogP contribution in [0.25, 0.3) is 0 Å². The van der Waals surface area contributed by atoms with Gasteiger partial charge in [-0.1, -0.05) is 12.8 Å². The Morgan fingerprint density at radius 2 is 2.05 bits per heavy atom. The van der Waals surface area contributed by atoms with Crippen LogP contribution >= 0.6 is 0 Å². The van der Waals surface area contributed by atoms with E-state index in [-0.39, 0.29) is 5.75 Å². The Labute approximate surface area is 129 Å². The van der Waals surface area contributed by atoms with Crippen molar-refractivity contribution in [3.63, 3.8) is 0 Å². The van der Waals surface area contributed by atoms with Gasteiger partial charge in [-0.3, -0.25) is 4.90 Å². The van der Waals surface area contributed by atoms with Crippen molar-refractivity contribution in [2.45, 2.75) is 64.0 Å². The second-order valence-corrected chi connectivity index (χ2v) is 8.85. The molecule has 2 aliphatic rings. The number of hydrogen-bond acceptors (Lipinski definition) is 4. The summed E-state index contributed by atoms with van der Waals surface area (Å²) in [5.41, 5.74) is -0.561. The van der Waals surface area contributed by atoms with Crippen LogP contribution in [0, 0.1) is 5.92 Å². The Hall–Kier alpha value is -0.170. The van der Waals surface area contributed by atoms with Crippen molar-refractivity contribution in [1.82, 2.24) is 9.62 Å². The lowest BCUT2D eigenvalue weighted by molar-refractivity contribution is -0.0614. The second kappa shape index (κ2) is 6.94. The molecule has 0 radical (unpaired) electrons. The SMILES string of the molecule is CCS(=O)(=O)NCCN1CCCC1C1CCCCC1(C)O. The van der Waals surface area contributed by atoms with Crippen LogP contribution in [0.4, 0.5) is 0 Å². The Morgan fingerprint density at radius 3 is 2.71 bits per heavy atom. The summed E-state index contributed by atoms with van der Waals surface area (Å²) in [6.45, 7) is 5.87. The molecule has 0 aromatic carbocycles. The maximum Gasteiger partial charge on any atom is 0.211 e. The Balaban J connectivity index is 1.91. The first kappa shape index (κ1) is 17.2. The van der Waals surface area contributed by atoms with E-state index in [2.05, 4.69) is 9.62 Å². The summed E-state index contributed by atoms with van der Waals surface area (Å²) >= 11 is 0. The minimum absolute atomic E-state index is 0.133. The van der Waals surface area contributed by atoms with Crippen molar-refractivity contribution in [3.8, 4) is 0 Å². The van der Waals surface area contributed by atoms with Crippen molar-refractivity contribution in [1.29, 1.82) is 0 Å². The first-order valence-corrected chi connectivity index (χ1v) is 9.95. The third-order valence-electron chi connectivity index (χ3n) is 5.23. The van der Waals surface area contributed by atoms with Gasteiger partial charge >= 0.3 is 0 Å². The van der Waals surface area contributed by atoms with Crippen LogP contribution < -0.4 is 4.72 Å². The lowest BCUT2D eigenvalue weighted by Crippen LogP contribution is -2.50. The molecule has 21 heavy (non-hydrogen) atoms. The van der Waals surface area contributed by atoms with Gasteiger partial charge in [0.25, 0.3) is 0 Å². The van der Waals surface area contributed by atoms with E-state index < -0.39 is 15.6 Å². The molecule has 0 aromatic rings. The first-order chi connectivity index (χ1) is 9.86. The van der Waals surface area contributed by atoms with E-state index in [1.165, 1.54) is 6.42 Å². The van der Waals surface area contributed by atoms with Gasteiger partial charge in [-0.2, -0.15) is 0 Å². The van der Waals surface area contributed by atoms with Gasteiger partial charge in [-0.25, -0.2) is 13.1 Å². The molecular formula is C15H30N2O3S. The van der Waals surface area contributed by atoms with Gasteiger partial charge in [0.05, 0.1) is 11.4 Å². The number of hydrogen-bond donors (Lipinski definition) is 2. The molecule has 0 amide bonds. The van der Waals surface area contributed by atoms with E-state index in [1.807, 2.05) is 6.92 Å². The normalized spacial score (nSPS) is 35.2. The number of likely N-dealkylation sites (tertiary alicyclic amines) is 1. The fraction of sp³-hybridized carbons (Fsp3) is 1.00. The van der Waals surface area contributed by atoms with Crippen LogP contribution in [0.3, 0.4) is 0 Å². The molecule has 2 rings (SSSR count). The molecular weight excluding hydrogens is 288 g/mol. The van der Waals surface area contributed by atoms with E-state index >= 15 is 0 Å². The van der Waals surface area contributed by atoms with Crippen LogP contribution in [0.2, 0.25) is 0 Å². The maximum absolute atomic E-state index is 11.5. The fourth-order valence-electron chi connectivity index (χ4n) is 3.98. The molecule has 3 atom stereocenters. The van der Waals surface area contributed by atoms with Crippen LogP contribution in [-0.4, -0.2) is 55.5 Å². The molecule has 3 unspecified atom stereocenters. The number of nitrogens with one attached hydrogen (secondary N) is 1. The minimum Gasteiger partial charge on any atom is -0.390 e. The van der Waals surface area contributed by atoms with Gasteiger partial charge in [0, 0.05) is 25.0 Å². The van der Waals surface area contributed by atoms with Crippen LogP contribution in [-0.2, 0) is 10.0 Å². The van der Waals surface area contributed by atoms with E-state index in [1.54, 1.807) is 6.92 Å². The zero-order chi connectivity index (χ0) is 15.5. The summed E-state index contributed by atoms with van der Waals surface area (Å²) in [4.78, 5) is 2.38. The second-order valence-electron chi connectivity index (χ2n) is 6.75. The predicted molar refractivity (Wildman–Crippen MR) is 84.6 cm³/mol. The van der Waals surface area contributed by atoms with Gasteiger partial charge in [-0.15, -0.1) is 0 Å². The molecule has 5 nitrogen and oxygen atoms in total. The molecule has 0 spiro atoms. The fourth-order valence-corrected chi connectivity index (χ4v) is 4.59. The summed E-state index contributed by atoms with van der Waals surface area (Å²) < 4.78 is 25.6. The number of aliphatic hydroxyl groups is 1. The lowest BCUT2D eigenvalue weighted by Gasteiger charge is -2.43. The highest BCUT2D eigenvalue weighted by Gasteiger charge is 2.42. The van der Waals surface area contributed by atoms with Gasteiger partial charge in [0.1, 0.15) is 0 Å². The average Bonchev–Trinajstić information content (AvgIpc) is 2.86. The highest BCUT2D eigenvalue weighted by molar-refractivity contribution is 7.89. The van der Waals surface area contributed by atoms with Gasteiger partial charge in [-0.05, 0) is 46.1 Å². The van der Waals surface area contributed by atoms with Crippen molar-refractivity contribution in [2.24, 2.45) is 5.92 Å². The molecule has 1 aliphatic heterocycles. The topological polar surface area (TPSA) is 69.6 Å². The summed E-state index contributed by atoms with van der Waals surface area (Å²) in [5, 5.41) is 10.7. The standard InChI is InChI=1S/C15H30N2O3S/c1-3-21(19,20)16-10-12-17-11-6-8-14(17)13-7-4-5-9-15(13,2)18/h13-14,16,18H,3-12H2,1-2H3. The molecule has 1 saturated heterocycles. The van der Waals surface area contributed by atoms with Gasteiger partial charge in [0.15, 0.2) is 0 Å². The predicted octanol–water partition coefficient (Wildman–Crippen LogP) is 1.33. The van der Waals surface area contributed by atoms with Crippen molar-refractivity contribution < 1.29 is 13.5 Å². The zero-order valence-electron chi connectivity index (χ0n) is 13.3. The lowest BCUT2D eigenvalue weighted by atomic mass is 9.72. The highest BCUT2D eigenvalue weighted by atomic mass is 32.2. The Morgan fingerprint density at radius 1 is 1.29 bits per heavy atom. The zero-order valence-corrected chi connectivity index (χ0v) is 14.2. The average molecular weight is 318 g/mol. The van der Waals surface area contributed by atoms with Crippen LogP contribution in [0.1, 0.15) is 52.4 Å². The van der Waals surface area contributed by atoms with E-state index in [0.717, 1.165) is 45.2 Å². The van der Waals surface area contributed by atoms with E-state index in [0.29, 0.717) is 18.5 Å². The molecule has 1 saturated carbocycles. The molecule has 0 aromatic heterocycles. The van der Waals surface area contributed by atoms with Crippen molar-refractivity contribution >= 4 is 10.0 Å². The van der Waals surface area contributed by atoms with Crippen molar-refractivity contribution in [2.75, 3.05) is 25.4 Å². The number of nitrogens with zero attached hydrogens (tertiary/aromatic N) is 1. The van der Waals surface area contributed by atoms with Crippen LogP contribution in [0.5, 0.6) is 0 Å². The smallest absolute Gasteiger partial charge is 0.211 e. The third-order valence-corrected chi connectivity index (χ3v) is 6.63. The molecule has 6 heteroatoms. The molecule has 124 valence electrons. The summed E-state index contributed by atoms with van der Waals surface area (Å²) in [6, 6.07) is 0.409. The van der Waals surface area contributed by atoms with Gasteiger partial charge in [0.2, 0.25) is 10.0 Å².